The minimum atomic E-state index is -4.34. The van der Waals surface area contributed by atoms with Gasteiger partial charge in [-0.05, 0) is 66.6 Å². The van der Waals surface area contributed by atoms with Crippen LogP contribution < -0.4 is 5.32 Å². The second-order valence-electron chi connectivity index (χ2n) is 5.45. The molecule has 0 unspecified atom stereocenters. The molecule has 0 saturated heterocycles. The van der Waals surface area contributed by atoms with E-state index in [2.05, 4.69) is 5.32 Å². The van der Waals surface area contributed by atoms with Crippen molar-refractivity contribution in [3.8, 4) is 0 Å². The van der Waals surface area contributed by atoms with E-state index in [1.54, 1.807) is 18.2 Å². The smallest absolute Gasteiger partial charge is 0.313 e. The molecule has 1 nitrogen and oxygen atoms in total. The van der Waals surface area contributed by atoms with E-state index in [-0.39, 0.29) is 0 Å². The zero-order valence-corrected chi connectivity index (χ0v) is 14.2. The van der Waals surface area contributed by atoms with E-state index in [0.717, 1.165) is 34.4 Å². The van der Waals surface area contributed by atoms with E-state index in [0.29, 0.717) is 17.1 Å². The van der Waals surface area contributed by atoms with Crippen molar-refractivity contribution in [3.63, 3.8) is 0 Å². The van der Waals surface area contributed by atoms with Crippen LogP contribution in [-0.4, -0.2) is 13.1 Å². The Kier molecular flexibility index (Phi) is 5.23. The predicted molar refractivity (Wildman–Crippen MR) is 92.5 cm³/mol. The first-order valence-corrected chi connectivity index (χ1v) is 8.68. The molecule has 2 aromatic rings. The van der Waals surface area contributed by atoms with E-state index < -0.39 is 11.7 Å². The van der Waals surface area contributed by atoms with Crippen LogP contribution in [0.5, 0.6) is 0 Å². The van der Waals surface area contributed by atoms with Crippen molar-refractivity contribution in [3.05, 3.63) is 64.7 Å². The number of nitrogens with one attached hydrogen (secondary N) is 1. The van der Waals surface area contributed by atoms with Gasteiger partial charge >= 0.3 is 6.18 Å². The van der Waals surface area contributed by atoms with Gasteiger partial charge in [-0.3, -0.25) is 0 Å². The van der Waals surface area contributed by atoms with Gasteiger partial charge in [0.1, 0.15) is 0 Å². The summed E-state index contributed by atoms with van der Waals surface area (Å²) in [4.78, 5) is 1.76. The summed E-state index contributed by atoms with van der Waals surface area (Å²) in [5.41, 5.74) is 1.000. The Balaban J connectivity index is 2.00. The van der Waals surface area contributed by atoms with E-state index >= 15 is 0 Å². The molecule has 0 aliphatic carbocycles. The third-order valence-electron chi connectivity index (χ3n) is 3.76. The minimum absolute atomic E-state index is 0.614. The molecule has 0 saturated carbocycles. The number of halogens is 4. The third-order valence-corrected chi connectivity index (χ3v) is 5.09. The molecule has 126 valence electrons. The quantitative estimate of drug-likeness (QED) is 0.724. The zero-order valence-electron chi connectivity index (χ0n) is 12.7. The van der Waals surface area contributed by atoms with Gasteiger partial charge in [0.25, 0.3) is 0 Å². The van der Waals surface area contributed by atoms with Crippen molar-refractivity contribution in [1.29, 1.82) is 0 Å². The normalized spacial score (nSPS) is 15.2. The molecule has 0 amide bonds. The van der Waals surface area contributed by atoms with Crippen LogP contribution in [0.1, 0.15) is 17.5 Å². The molecule has 0 aromatic heterocycles. The maximum absolute atomic E-state index is 13.1. The average molecular weight is 370 g/mol. The van der Waals surface area contributed by atoms with Crippen LogP contribution in [0.3, 0.4) is 0 Å². The van der Waals surface area contributed by atoms with E-state index in [9.17, 15) is 13.2 Å². The molecular weight excluding hydrogens is 355 g/mol. The van der Waals surface area contributed by atoms with Crippen molar-refractivity contribution >= 4 is 28.9 Å². The molecular formula is C18H15ClF3NS. The summed E-state index contributed by atoms with van der Waals surface area (Å²) in [7, 11) is 0. The largest absolute Gasteiger partial charge is 0.416 e. The summed E-state index contributed by atoms with van der Waals surface area (Å²) in [6, 6.07) is 11.2. The molecule has 1 N–H and O–H groups in total. The molecule has 1 aliphatic rings. The lowest BCUT2D eigenvalue weighted by Crippen LogP contribution is -2.20. The summed E-state index contributed by atoms with van der Waals surface area (Å²) in [5, 5.41) is 3.82. The monoisotopic (exact) mass is 369 g/mol. The van der Waals surface area contributed by atoms with Crippen LogP contribution >= 0.6 is 23.4 Å². The highest BCUT2D eigenvalue weighted by Gasteiger charge is 2.31. The zero-order chi connectivity index (χ0) is 17.2. The van der Waals surface area contributed by atoms with Crippen molar-refractivity contribution in [1.82, 2.24) is 5.32 Å². The van der Waals surface area contributed by atoms with E-state index in [1.165, 1.54) is 17.8 Å². The molecule has 0 bridgehead atoms. The summed E-state index contributed by atoms with van der Waals surface area (Å²) < 4.78 is 39.3. The average Bonchev–Trinajstić information content (AvgIpc) is 2.57. The first-order valence-electron chi connectivity index (χ1n) is 7.48. The highest BCUT2D eigenvalue weighted by atomic mass is 35.5. The molecule has 2 aromatic carbocycles. The Bertz CT molecular complexity index is 754. The van der Waals surface area contributed by atoms with Gasteiger partial charge in [-0.1, -0.05) is 29.4 Å². The predicted octanol–water partition coefficient (Wildman–Crippen LogP) is 5.89. The first-order chi connectivity index (χ1) is 11.4. The Hall–Kier alpha value is -1.43. The standard InChI is InChI=1S/C18H15ClF3NS/c19-14-2-4-15(5-3-14)24-17-6-1-13(18(20,21)22)11-16(17)12-7-9-23-10-8-12/h1-7,11,23H,8-10H2. The number of alkyl halides is 3. The van der Waals surface area contributed by atoms with Gasteiger partial charge in [0, 0.05) is 21.4 Å². The molecule has 24 heavy (non-hydrogen) atoms. The van der Waals surface area contributed by atoms with Gasteiger partial charge in [-0.15, -0.1) is 0 Å². The van der Waals surface area contributed by atoms with E-state index in [1.807, 2.05) is 18.2 Å². The number of hydrogen-bond acceptors (Lipinski definition) is 2. The highest BCUT2D eigenvalue weighted by Crippen LogP contribution is 2.39. The molecule has 0 atom stereocenters. The Morgan fingerprint density at radius 1 is 1.04 bits per heavy atom. The number of hydrogen-bond donors (Lipinski definition) is 1. The Morgan fingerprint density at radius 3 is 2.42 bits per heavy atom. The molecule has 0 fully saturated rings. The highest BCUT2D eigenvalue weighted by molar-refractivity contribution is 7.99. The van der Waals surface area contributed by atoms with Crippen molar-refractivity contribution < 1.29 is 13.2 Å². The number of benzene rings is 2. The van der Waals surface area contributed by atoms with Crippen LogP contribution in [-0.2, 0) is 6.18 Å². The Morgan fingerprint density at radius 2 is 1.79 bits per heavy atom. The van der Waals surface area contributed by atoms with Crippen LogP contribution in [0.25, 0.3) is 5.57 Å². The fourth-order valence-corrected chi connectivity index (χ4v) is 3.63. The maximum Gasteiger partial charge on any atom is 0.416 e. The third kappa shape index (κ3) is 4.15. The lowest BCUT2D eigenvalue weighted by Gasteiger charge is -2.19. The summed E-state index contributed by atoms with van der Waals surface area (Å²) in [6.45, 7) is 1.45. The number of rotatable bonds is 3. The maximum atomic E-state index is 13.1. The van der Waals surface area contributed by atoms with Crippen molar-refractivity contribution in [2.75, 3.05) is 13.1 Å². The minimum Gasteiger partial charge on any atom is -0.313 e. The Labute approximate surface area is 147 Å². The van der Waals surface area contributed by atoms with Gasteiger partial charge in [0.2, 0.25) is 0 Å². The van der Waals surface area contributed by atoms with Gasteiger partial charge in [-0.2, -0.15) is 13.2 Å². The topological polar surface area (TPSA) is 12.0 Å². The summed E-state index contributed by atoms with van der Waals surface area (Å²) >= 11 is 7.34. The second kappa shape index (κ2) is 7.21. The van der Waals surface area contributed by atoms with Crippen molar-refractivity contribution in [2.24, 2.45) is 0 Å². The fraction of sp³-hybridized carbons (Fsp3) is 0.222. The molecule has 3 rings (SSSR count). The van der Waals surface area contributed by atoms with Crippen LogP contribution in [0.4, 0.5) is 13.2 Å². The van der Waals surface area contributed by atoms with Gasteiger partial charge in [0.05, 0.1) is 5.56 Å². The molecule has 1 aliphatic heterocycles. The molecule has 6 heteroatoms. The molecule has 1 heterocycles. The lowest BCUT2D eigenvalue weighted by atomic mass is 9.98. The fourth-order valence-electron chi connectivity index (χ4n) is 2.54. The van der Waals surface area contributed by atoms with Crippen LogP contribution in [0.15, 0.2) is 58.3 Å². The van der Waals surface area contributed by atoms with Crippen LogP contribution in [0.2, 0.25) is 5.02 Å². The first kappa shape index (κ1) is 17.4. The second-order valence-corrected chi connectivity index (χ2v) is 7.00. The molecule has 0 radical (unpaired) electrons. The van der Waals surface area contributed by atoms with Crippen LogP contribution in [0, 0.1) is 0 Å². The summed E-state index contributed by atoms with van der Waals surface area (Å²) in [5.74, 6) is 0. The van der Waals surface area contributed by atoms with Gasteiger partial charge in [0.15, 0.2) is 0 Å². The summed E-state index contributed by atoms with van der Waals surface area (Å²) in [6.07, 6.45) is -1.66. The van der Waals surface area contributed by atoms with Gasteiger partial charge in [-0.25, -0.2) is 0 Å². The SMILES string of the molecule is FC(F)(F)c1ccc(Sc2ccc(Cl)cc2)c(C2=CCNCC2)c1. The lowest BCUT2D eigenvalue weighted by molar-refractivity contribution is -0.137. The van der Waals surface area contributed by atoms with E-state index in [4.69, 9.17) is 11.6 Å². The molecule has 0 spiro atoms. The van der Waals surface area contributed by atoms with Crippen molar-refractivity contribution in [2.45, 2.75) is 22.4 Å². The van der Waals surface area contributed by atoms with Gasteiger partial charge < -0.3 is 5.32 Å².